The Labute approximate surface area is 140 Å². The number of piperidine rings is 1. The van der Waals surface area contributed by atoms with Gasteiger partial charge in [0.15, 0.2) is 0 Å². The third-order valence-corrected chi connectivity index (χ3v) is 4.43. The molecular weight excluding hydrogens is 306 g/mol. The fourth-order valence-electron chi connectivity index (χ4n) is 3.11. The summed E-state index contributed by atoms with van der Waals surface area (Å²) >= 11 is 0. The molecule has 0 aliphatic carbocycles. The smallest absolute Gasteiger partial charge is 0.270 e. The number of non-ortho nitro benzene ring substituents is 1. The Morgan fingerprint density at radius 3 is 2.71 bits per heavy atom. The molecule has 0 amide bonds. The lowest BCUT2D eigenvalue weighted by molar-refractivity contribution is -0.384. The van der Waals surface area contributed by atoms with E-state index in [1.54, 1.807) is 18.3 Å². The first-order valence-corrected chi connectivity index (χ1v) is 8.21. The van der Waals surface area contributed by atoms with E-state index in [0.717, 1.165) is 12.8 Å². The summed E-state index contributed by atoms with van der Waals surface area (Å²) in [5.41, 5.74) is 0.735. The Bertz CT molecular complexity index is 743. The van der Waals surface area contributed by atoms with Crippen molar-refractivity contribution in [3.8, 4) is 11.3 Å². The lowest BCUT2D eigenvalue weighted by atomic mass is 10.00. The van der Waals surface area contributed by atoms with Crippen LogP contribution in [0.5, 0.6) is 0 Å². The van der Waals surface area contributed by atoms with Gasteiger partial charge < -0.3 is 4.42 Å². The van der Waals surface area contributed by atoms with Crippen LogP contribution >= 0.6 is 0 Å². The molecule has 0 saturated carbocycles. The van der Waals surface area contributed by atoms with Gasteiger partial charge in [0.1, 0.15) is 11.5 Å². The summed E-state index contributed by atoms with van der Waals surface area (Å²) < 4.78 is 5.77. The molecule has 6 heteroatoms. The summed E-state index contributed by atoms with van der Waals surface area (Å²) in [7, 11) is 0. The topological polar surface area (TPSA) is 71.9 Å². The van der Waals surface area contributed by atoms with E-state index in [9.17, 15) is 10.1 Å². The van der Waals surface area contributed by atoms with Crippen LogP contribution in [0, 0.1) is 10.1 Å². The molecule has 1 aliphatic rings. The number of nitro benzene ring substituents is 1. The zero-order chi connectivity index (χ0) is 17.1. The maximum absolute atomic E-state index is 10.9. The van der Waals surface area contributed by atoms with E-state index in [0.29, 0.717) is 29.2 Å². The van der Waals surface area contributed by atoms with Crippen molar-refractivity contribution in [1.82, 2.24) is 5.01 Å². The van der Waals surface area contributed by atoms with E-state index in [1.165, 1.54) is 18.6 Å². The summed E-state index contributed by atoms with van der Waals surface area (Å²) in [5.74, 6) is 1.24. The molecular formula is C18H21N3O3. The number of nitrogens with zero attached hydrogens (tertiary/aromatic N) is 3. The fraction of sp³-hybridized carbons (Fsp3) is 0.389. The molecule has 0 spiro atoms. The molecule has 2 atom stereocenters. The summed E-state index contributed by atoms with van der Waals surface area (Å²) in [5, 5.41) is 17.6. The second-order valence-electron chi connectivity index (χ2n) is 6.26. The Morgan fingerprint density at radius 1 is 1.25 bits per heavy atom. The molecule has 0 N–H and O–H groups in total. The van der Waals surface area contributed by atoms with E-state index in [4.69, 9.17) is 4.42 Å². The van der Waals surface area contributed by atoms with Gasteiger partial charge in [-0.2, -0.15) is 5.10 Å². The Morgan fingerprint density at radius 2 is 2.00 bits per heavy atom. The van der Waals surface area contributed by atoms with E-state index in [-0.39, 0.29) is 5.69 Å². The average Bonchev–Trinajstić information content (AvgIpc) is 3.03. The van der Waals surface area contributed by atoms with E-state index in [2.05, 4.69) is 24.0 Å². The normalized spacial score (nSPS) is 21.3. The van der Waals surface area contributed by atoms with Gasteiger partial charge in [-0.05, 0) is 45.2 Å². The van der Waals surface area contributed by atoms with Crippen LogP contribution in [0.1, 0.15) is 38.9 Å². The predicted octanol–water partition coefficient (Wildman–Crippen LogP) is 4.45. The maximum atomic E-state index is 10.9. The van der Waals surface area contributed by atoms with E-state index in [1.807, 2.05) is 12.1 Å². The lowest BCUT2D eigenvalue weighted by Crippen LogP contribution is -2.39. The average molecular weight is 327 g/mol. The quantitative estimate of drug-likeness (QED) is 0.472. The van der Waals surface area contributed by atoms with Crippen molar-refractivity contribution < 1.29 is 9.34 Å². The van der Waals surface area contributed by atoms with Crippen LogP contribution in [0.25, 0.3) is 11.3 Å². The van der Waals surface area contributed by atoms with Gasteiger partial charge in [0.2, 0.25) is 0 Å². The third-order valence-electron chi connectivity index (χ3n) is 4.43. The third kappa shape index (κ3) is 3.48. The number of rotatable bonds is 4. The van der Waals surface area contributed by atoms with Crippen LogP contribution in [-0.2, 0) is 0 Å². The minimum absolute atomic E-state index is 0.0510. The number of nitro groups is 1. The molecule has 1 fully saturated rings. The number of hydrogen-bond acceptors (Lipinski definition) is 5. The van der Waals surface area contributed by atoms with Gasteiger partial charge in [0.25, 0.3) is 5.69 Å². The number of hydrazone groups is 1. The SMILES string of the molecule is C[C@@H]1CCC[C@@H](C)N1/N=C\c1ccc(-c2cccc([N+](=O)[O-])c2)o1. The molecule has 6 nitrogen and oxygen atoms in total. The first kappa shape index (κ1) is 16.2. The van der Waals surface area contributed by atoms with Gasteiger partial charge in [-0.15, -0.1) is 0 Å². The summed E-state index contributed by atoms with van der Waals surface area (Å²) in [6, 6.07) is 10.9. The van der Waals surface area contributed by atoms with Gasteiger partial charge in [0.05, 0.1) is 11.1 Å². The molecule has 2 aromatic rings. The summed E-state index contributed by atoms with van der Waals surface area (Å²) in [4.78, 5) is 10.5. The van der Waals surface area contributed by atoms with Crippen LogP contribution in [0.3, 0.4) is 0 Å². The Kier molecular flexibility index (Phi) is 4.64. The lowest BCUT2D eigenvalue weighted by Gasteiger charge is -2.36. The second kappa shape index (κ2) is 6.86. The highest BCUT2D eigenvalue weighted by Crippen LogP contribution is 2.26. The van der Waals surface area contributed by atoms with Crippen molar-refractivity contribution in [1.29, 1.82) is 0 Å². The standard InChI is InChI=1S/C18H21N3O3/c1-13-5-3-6-14(2)20(13)19-12-17-9-10-18(24-17)15-7-4-8-16(11-15)21(22)23/h4,7-14H,3,5-6H2,1-2H3/b19-12-/t13-,14-/m1/s1. The summed E-state index contributed by atoms with van der Waals surface area (Å²) in [6.45, 7) is 4.37. The van der Waals surface area contributed by atoms with Crippen molar-refractivity contribution in [2.24, 2.45) is 5.10 Å². The molecule has 0 radical (unpaired) electrons. The van der Waals surface area contributed by atoms with Crippen LogP contribution in [0.4, 0.5) is 5.69 Å². The first-order valence-electron chi connectivity index (χ1n) is 8.21. The zero-order valence-electron chi connectivity index (χ0n) is 13.9. The van der Waals surface area contributed by atoms with Crippen molar-refractivity contribution in [2.45, 2.75) is 45.2 Å². The minimum atomic E-state index is -0.409. The number of hydrogen-bond donors (Lipinski definition) is 0. The molecule has 0 bridgehead atoms. The molecule has 1 aromatic heterocycles. The molecule has 24 heavy (non-hydrogen) atoms. The highest BCUT2D eigenvalue weighted by atomic mass is 16.6. The Balaban J connectivity index is 1.77. The van der Waals surface area contributed by atoms with Crippen molar-refractivity contribution in [2.75, 3.05) is 0 Å². The molecule has 0 unspecified atom stereocenters. The maximum Gasteiger partial charge on any atom is 0.270 e. The zero-order valence-corrected chi connectivity index (χ0v) is 13.9. The number of furan rings is 1. The van der Waals surface area contributed by atoms with E-state index >= 15 is 0 Å². The molecule has 3 rings (SSSR count). The molecule has 1 saturated heterocycles. The van der Waals surface area contributed by atoms with Gasteiger partial charge in [-0.25, -0.2) is 0 Å². The van der Waals surface area contributed by atoms with Gasteiger partial charge >= 0.3 is 0 Å². The largest absolute Gasteiger partial charge is 0.455 e. The van der Waals surface area contributed by atoms with Crippen molar-refractivity contribution >= 4 is 11.9 Å². The predicted molar refractivity (Wildman–Crippen MR) is 93.0 cm³/mol. The van der Waals surface area contributed by atoms with Crippen LogP contribution in [0.2, 0.25) is 0 Å². The second-order valence-corrected chi connectivity index (χ2v) is 6.26. The molecule has 126 valence electrons. The monoisotopic (exact) mass is 327 g/mol. The fourth-order valence-corrected chi connectivity index (χ4v) is 3.11. The summed E-state index contributed by atoms with van der Waals surface area (Å²) in [6.07, 6.45) is 5.27. The Hall–Kier alpha value is -2.63. The minimum Gasteiger partial charge on any atom is -0.455 e. The van der Waals surface area contributed by atoms with Crippen molar-refractivity contribution in [3.05, 3.63) is 52.3 Å². The van der Waals surface area contributed by atoms with Crippen LogP contribution < -0.4 is 0 Å². The van der Waals surface area contributed by atoms with Gasteiger partial charge in [0, 0.05) is 29.8 Å². The first-order chi connectivity index (χ1) is 11.5. The molecule has 1 aliphatic heterocycles. The van der Waals surface area contributed by atoms with Crippen LogP contribution in [-0.4, -0.2) is 28.2 Å². The molecule has 1 aromatic carbocycles. The van der Waals surface area contributed by atoms with E-state index < -0.39 is 4.92 Å². The van der Waals surface area contributed by atoms with Gasteiger partial charge in [-0.3, -0.25) is 15.1 Å². The highest BCUT2D eigenvalue weighted by molar-refractivity contribution is 5.77. The highest BCUT2D eigenvalue weighted by Gasteiger charge is 2.22. The van der Waals surface area contributed by atoms with Crippen LogP contribution in [0.15, 0.2) is 45.9 Å². The number of benzene rings is 1. The van der Waals surface area contributed by atoms with Gasteiger partial charge in [-0.1, -0.05) is 12.1 Å². The molecule has 2 heterocycles. The van der Waals surface area contributed by atoms with Crippen molar-refractivity contribution in [3.63, 3.8) is 0 Å².